The maximum absolute atomic E-state index is 12.3. The van der Waals surface area contributed by atoms with Gasteiger partial charge in [-0.05, 0) is 29.3 Å². The Hall–Kier alpha value is -2.59. The monoisotopic (exact) mass is 378 g/mol. The molecule has 0 saturated carbocycles. The molecule has 27 heavy (non-hydrogen) atoms. The fraction of sp³-hybridized carbons (Fsp3) is 0.261. The van der Waals surface area contributed by atoms with Gasteiger partial charge >= 0.3 is 5.97 Å². The highest BCUT2D eigenvalue weighted by Crippen LogP contribution is 2.38. The van der Waals surface area contributed by atoms with E-state index in [1.165, 1.54) is 6.08 Å². The summed E-state index contributed by atoms with van der Waals surface area (Å²) in [5, 5.41) is 2.16. The van der Waals surface area contributed by atoms with Crippen molar-refractivity contribution in [3.63, 3.8) is 0 Å². The molecule has 0 amide bonds. The second-order valence-corrected chi connectivity index (χ2v) is 13.5. The van der Waals surface area contributed by atoms with Crippen molar-refractivity contribution >= 4 is 36.5 Å². The van der Waals surface area contributed by atoms with Crippen LogP contribution in [0, 0.1) is 0 Å². The van der Waals surface area contributed by atoms with Crippen LogP contribution in [0.2, 0.25) is 18.1 Å². The number of ether oxygens (including phenoxy) is 1. The summed E-state index contributed by atoms with van der Waals surface area (Å²) in [5.41, 5.74) is 1.84. The van der Waals surface area contributed by atoms with Crippen molar-refractivity contribution in [2.24, 2.45) is 0 Å². The highest BCUT2D eigenvalue weighted by Gasteiger charge is 2.41. The van der Waals surface area contributed by atoms with E-state index in [4.69, 9.17) is 9.15 Å². The van der Waals surface area contributed by atoms with Gasteiger partial charge in [0.15, 0.2) is 0 Å². The van der Waals surface area contributed by atoms with Gasteiger partial charge in [0.2, 0.25) is 0 Å². The lowest BCUT2D eigenvalue weighted by Gasteiger charge is -2.35. The van der Waals surface area contributed by atoms with Crippen LogP contribution in [0.4, 0.5) is 0 Å². The van der Waals surface area contributed by atoms with Crippen LogP contribution in [0.5, 0.6) is 5.75 Å². The van der Waals surface area contributed by atoms with E-state index in [-0.39, 0.29) is 5.04 Å². The Morgan fingerprint density at radius 2 is 1.63 bits per heavy atom. The van der Waals surface area contributed by atoms with E-state index in [2.05, 4.69) is 33.9 Å². The Morgan fingerprint density at radius 3 is 2.30 bits per heavy atom. The fourth-order valence-electron chi connectivity index (χ4n) is 2.83. The molecule has 0 unspecified atom stereocenters. The lowest BCUT2D eigenvalue weighted by Crippen LogP contribution is -2.49. The minimum atomic E-state index is -1.92. The number of hydrogen-bond acceptors (Lipinski definition) is 3. The van der Waals surface area contributed by atoms with Gasteiger partial charge in [0.25, 0.3) is 0 Å². The molecule has 0 aliphatic rings. The molecule has 4 heteroatoms. The number of para-hydroxylation sites is 2. The molecule has 2 aromatic carbocycles. The van der Waals surface area contributed by atoms with E-state index < -0.39 is 14.0 Å². The van der Waals surface area contributed by atoms with Gasteiger partial charge < -0.3 is 9.15 Å². The Balaban J connectivity index is 2.00. The Labute approximate surface area is 161 Å². The molecular formula is C23H26O3Si. The minimum absolute atomic E-state index is 0.119. The molecule has 140 valence electrons. The highest BCUT2D eigenvalue weighted by molar-refractivity contribution is 6.91. The van der Waals surface area contributed by atoms with Gasteiger partial charge in [-0.3, -0.25) is 0 Å². The number of carbonyl (C=O) groups excluding carboxylic acids is 1. The van der Waals surface area contributed by atoms with Crippen molar-refractivity contribution in [3.8, 4) is 5.75 Å². The molecule has 3 nitrogen and oxygen atoms in total. The standard InChI is InChI=1S/C23H26O3Si/c1-23(2,3)27(4,5)22-19(18-13-9-10-14-20(18)26-22)15-16-21(24)25-17-11-7-6-8-12-17/h6-16H,1-5H3/b16-15+. The van der Waals surface area contributed by atoms with Gasteiger partial charge in [0.1, 0.15) is 19.4 Å². The number of hydrogen-bond donors (Lipinski definition) is 0. The summed E-state index contributed by atoms with van der Waals surface area (Å²) in [7, 11) is -1.92. The van der Waals surface area contributed by atoms with Crippen LogP contribution in [-0.2, 0) is 4.79 Å². The number of fused-ring (bicyclic) bond motifs is 1. The number of rotatable bonds is 4. The van der Waals surface area contributed by atoms with Crippen molar-refractivity contribution in [2.45, 2.75) is 38.9 Å². The van der Waals surface area contributed by atoms with Gasteiger partial charge in [-0.15, -0.1) is 0 Å². The first-order valence-electron chi connectivity index (χ1n) is 9.17. The van der Waals surface area contributed by atoms with Crippen molar-refractivity contribution in [3.05, 3.63) is 66.2 Å². The summed E-state index contributed by atoms with van der Waals surface area (Å²) in [4.78, 5) is 12.3. The fourth-order valence-corrected chi connectivity index (χ4v) is 4.76. The van der Waals surface area contributed by atoms with Crippen molar-refractivity contribution in [1.29, 1.82) is 0 Å². The maximum Gasteiger partial charge on any atom is 0.336 e. The molecule has 0 saturated heterocycles. The third-order valence-corrected chi connectivity index (χ3v) is 10.7. The molecule has 0 fully saturated rings. The molecule has 3 aromatic rings. The van der Waals surface area contributed by atoms with E-state index in [1.807, 2.05) is 48.5 Å². The number of carbonyl (C=O) groups is 1. The molecule has 0 aliphatic heterocycles. The Bertz CT molecular complexity index is 976. The summed E-state index contributed by atoms with van der Waals surface area (Å²) in [6.07, 6.45) is 3.33. The predicted octanol–water partition coefficient (Wildman–Crippen LogP) is 5.77. The largest absolute Gasteiger partial charge is 0.466 e. The third-order valence-electron chi connectivity index (χ3n) is 5.42. The first-order chi connectivity index (χ1) is 12.7. The summed E-state index contributed by atoms with van der Waals surface area (Å²) >= 11 is 0. The van der Waals surface area contributed by atoms with Crippen LogP contribution >= 0.6 is 0 Å². The van der Waals surface area contributed by atoms with E-state index in [1.54, 1.807) is 12.1 Å². The van der Waals surface area contributed by atoms with Crippen molar-refractivity contribution < 1.29 is 13.9 Å². The number of furan rings is 1. The number of esters is 1. The second-order valence-electron chi connectivity index (χ2n) is 8.28. The lowest BCUT2D eigenvalue weighted by molar-refractivity contribution is -0.128. The van der Waals surface area contributed by atoms with Crippen molar-refractivity contribution in [1.82, 2.24) is 0 Å². The summed E-state index contributed by atoms with van der Waals surface area (Å²) < 4.78 is 11.7. The van der Waals surface area contributed by atoms with Gasteiger partial charge in [-0.25, -0.2) is 4.79 Å². The first-order valence-corrected chi connectivity index (χ1v) is 12.2. The van der Waals surface area contributed by atoms with Crippen LogP contribution in [0.3, 0.4) is 0 Å². The average Bonchev–Trinajstić information content (AvgIpc) is 2.99. The van der Waals surface area contributed by atoms with Crippen LogP contribution in [-0.4, -0.2) is 14.0 Å². The van der Waals surface area contributed by atoms with Gasteiger partial charge in [-0.2, -0.15) is 0 Å². The average molecular weight is 379 g/mol. The predicted molar refractivity (Wildman–Crippen MR) is 114 cm³/mol. The summed E-state index contributed by atoms with van der Waals surface area (Å²) in [6, 6.07) is 17.1. The topological polar surface area (TPSA) is 39.4 Å². The summed E-state index contributed by atoms with van der Waals surface area (Å²) in [5.74, 6) is 0.140. The van der Waals surface area contributed by atoms with Crippen LogP contribution in [0.15, 0.2) is 65.1 Å². The first kappa shape index (κ1) is 19.2. The molecule has 3 rings (SSSR count). The molecule has 0 N–H and O–H groups in total. The maximum atomic E-state index is 12.3. The molecule has 1 aromatic heterocycles. The zero-order valence-electron chi connectivity index (χ0n) is 16.6. The zero-order valence-corrected chi connectivity index (χ0v) is 17.6. The number of benzene rings is 2. The molecule has 0 aliphatic carbocycles. The quantitative estimate of drug-likeness (QED) is 0.250. The van der Waals surface area contributed by atoms with Crippen LogP contribution < -0.4 is 10.1 Å². The van der Waals surface area contributed by atoms with E-state index >= 15 is 0 Å². The normalized spacial score (nSPS) is 12.6. The smallest absolute Gasteiger partial charge is 0.336 e. The lowest BCUT2D eigenvalue weighted by atomic mass is 10.1. The SMILES string of the molecule is CC(C)(C)[Si](C)(C)c1oc2ccccc2c1/C=C/C(=O)Oc1ccccc1. The van der Waals surface area contributed by atoms with E-state index in [0.717, 1.165) is 21.9 Å². The second kappa shape index (κ2) is 7.20. The third kappa shape index (κ3) is 3.91. The van der Waals surface area contributed by atoms with E-state index in [9.17, 15) is 4.79 Å². The van der Waals surface area contributed by atoms with Gasteiger partial charge in [0, 0.05) is 17.0 Å². The molecular weight excluding hydrogens is 352 g/mol. The molecule has 1 heterocycles. The Kier molecular flexibility index (Phi) is 5.11. The zero-order chi connectivity index (χ0) is 19.7. The van der Waals surface area contributed by atoms with Crippen LogP contribution in [0.25, 0.3) is 17.0 Å². The molecule has 0 bridgehead atoms. The van der Waals surface area contributed by atoms with Crippen molar-refractivity contribution in [2.75, 3.05) is 0 Å². The van der Waals surface area contributed by atoms with Gasteiger partial charge in [0.05, 0.1) is 5.38 Å². The highest BCUT2D eigenvalue weighted by atomic mass is 28.3. The van der Waals surface area contributed by atoms with E-state index in [0.29, 0.717) is 5.75 Å². The Morgan fingerprint density at radius 1 is 1.00 bits per heavy atom. The summed E-state index contributed by atoms with van der Waals surface area (Å²) in [6.45, 7) is 11.4. The molecule has 0 spiro atoms. The molecule has 0 atom stereocenters. The molecule has 0 radical (unpaired) electrons. The minimum Gasteiger partial charge on any atom is -0.466 e. The van der Waals surface area contributed by atoms with Gasteiger partial charge in [-0.1, -0.05) is 70.3 Å². The van der Waals surface area contributed by atoms with Crippen LogP contribution in [0.1, 0.15) is 26.3 Å².